The topological polar surface area (TPSA) is 131 Å². The lowest BCUT2D eigenvalue weighted by atomic mass is 10.2. The highest BCUT2D eigenvalue weighted by molar-refractivity contribution is 7.92. The molecule has 0 aromatic heterocycles. The van der Waals surface area contributed by atoms with Crippen LogP contribution in [0.25, 0.3) is 0 Å². The Labute approximate surface area is 186 Å². The Hall–Kier alpha value is -3.40. The molecule has 170 valence electrons. The summed E-state index contributed by atoms with van der Waals surface area (Å²) < 4.78 is 32.4. The molecule has 1 aliphatic rings. The van der Waals surface area contributed by atoms with E-state index in [2.05, 4.69) is 15.4 Å². The molecule has 2 aromatic carbocycles. The number of nitrogens with one attached hydrogen (secondary N) is 3. The van der Waals surface area contributed by atoms with E-state index in [4.69, 9.17) is 4.74 Å². The van der Waals surface area contributed by atoms with Gasteiger partial charge in [0.15, 0.2) is 6.10 Å². The van der Waals surface area contributed by atoms with E-state index in [1.54, 1.807) is 30.3 Å². The number of anilines is 1. The number of esters is 1. The number of rotatable bonds is 7. The van der Waals surface area contributed by atoms with Crippen LogP contribution >= 0.6 is 0 Å². The van der Waals surface area contributed by atoms with E-state index in [0.29, 0.717) is 5.69 Å². The van der Waals surface area contributed by atoms with Gasteiger partial charge in [-0.1, -0.05) is 31.0 Å². The number of imide groups is 1. The first-order valence-corrected chi connectivity index (χ1v) is 11.7. The van der Waals surface area contributed by atoms with Crippen LogP contribution in [-0.2, 0) is 19.6 Å². The molecule has 2 aromatic rings. The molecule has 32 heavy (non-hydrogen) atoms. The van der Waals surface area contributed by atoms with Gasteiger partial charge in [-0.25, -0.2) is 18.0 Å². The maximum absolute atomic E-state index is 12.5. The lowest BCUT2D eigenvalue weighted by molar-refractivity contribution is -0.127. The Kier molecular flexibility index (Phi) is 7.47. The summed E-state index contributed by atoms with van der Waals surface area (Å²) in [5.41, 5.74) is 0.478. The number of carbonyl (C=O) groups excluding carboxylic acids is 3. The first kappa shape index (κ1) is 23.3. The smallest absolute Gasteiger partial charge is 0.338 e. The number of sulfonamides is 1. The highest BCUT2D eigenvalue weighted by atomic mass is 32.2. The van der Waals surface area contributed by atoms with Gasteiger partial charge in [-0.3, -0.25) is 14.8 Å². The summed E-state index contributed by atoms with van der Waals surface area (Å²) in [7, 11) is -3.83. The van der Waals surface area contributed by atoms with Crippen LogP contribution in [0.2, 0.25) is 0 Å². The molecule has 0 aliphatic heterocycles. The molecule has 0 radical (unpaired) electrons. The molecule has 0 spiro atoms. The van der Waals surface area contributed by atoms with Crippen molar-refractivity contribution >= 4 is 33.6 Å². The maximum Gasteiger partial charge on any atom is 0.338 e. The van der Waals surface area contributed by atoms with E-state index >= 15 is 0 Å². The van der Waals surface area contributed by atoms with Gasteiger partial charge in [-0.05, 0) is 56.2 Å². The van der Waals surface area contributed by atoms with Crippen molar-refractivity contribution in [2.45, 2.75) is 49.6 Å². The standard InChI is InChI=1S/C22H25N3O6S/c1-15(20(26)24-22(28)23-17-7-5-6-8-17)31-21(27)16-11-13-19(14-12-16)32(29,30)25-18-9-3-2-4-10-18/h2-4,9-15,17,25H,5-8H2,1H3,(H2,23,24,26,28). The Balaban J connectivity index is 1.54. The number of para-hydroxylation sites is 1. The van der Waals surface area contributed by atoms with E-state index in [0.717, 1.165) is 25.7 Å². The van der Waals surface area contributed by atoms with Gasteiger partial charge in [0, 0.05) is 11.7 Å². The van der Waals surface area contributed by atoms with Crippen molar-refractivity contribution < 1.29 is 27.5 Å². The van der Waals surface area contributed by atoms with Gasteiger partial charge < -0.3 is 10.1 Å². The average molecular weight is 460 g/mol. The minimum absolute atomic E-state index is 0.0349. The predicted molar refractivity (Wildman–Crippen MR) is 118 cm³/mol. The normalized spacial score (nSPS) is 14.9. The fourth-order valence-corrected chi connectivity index (χ4v) is 4.34. The number of hydrogen-bond donors (Lipinski definition) is 3. The Morgan fingerprint density at radius 3 is 2.22 bits per heavy atom. The highest BCUT2D eigenvalue weighted by Gasteiger charge is 2.23. The zero-order chi connectivity index (χ0) is 23.1. The average Bonchev–Trinajstić information content (AvgIpc) is 3.27. The minimum atomic E-state index is -3.83. The molecule has 0 bridgehead atoms. The maximum atomic E-state index is 12.5. The number of amides is 3. The molecule has 1 fully saturated rings. The van der Waals surface area contributed by atoms with Gasteiger partial charge in [-0.15, -0.1) is 0 Å². The summed E-state index contributed by atoms with van der Waals surface area (Å²) in [5, 5.41) is 4.87. The van der Waals surface area contributed by atoms with E-state index in [1.165, 1.54) is 31.2 Å². The quantitative estimate of drug-likeness (QED) is 0.546. The molecule has 0 saturated heterocycles. The summed E-state index contributed by atoms with van der Waals surface area (Å²) >= 11 is 0. The van der Waals surface area contributed by atoms with Crippen molar-refractivity contribution in [2.24, 2.45) is 0 Å². The Bertz CT molecular complexity index is 1060. The molecule has 10 heteroatoms. The molecular weight excluding hydrogens is 434 g/mol. The number of carbonyl (C=O) groups is 3. The van der Waals surface area contributed by atoms with Crippen molar-refractivity contribution in [1.29, 1.82) is 0 Å². The molecular formula is C22H25N3O6S. The highest BCUT2D eigenvalue weighted by Crippen LogP contribution is 2.18. The summed E-state index contributed by atoms with van der Waals surface area (Å²) in [4.78, 5) is 36.3. The monoisotopic (exact) mass is 459 g/mol. The third-order valence-corrected chi connectivity index (χ3v) is 6.40. The van der Waals surface area contributed by atoms with Gasteiger partial charge in [-0.2, -0.15) is 0 Å². The Morgan fingerprint density at radius 1 is 0.969 bits per heavy atom. The third-order valence-electron chi connectivity index (χ3n) is 5.01. The Morgan fingerprint density at radius 2 is 1.59 bits per heavy atom. The molecule has 1 atom stereocenters. The van der Waals surface area contributed by atoms with E-state index in [-0.39, 0.29) is 16.5 Å². The predicted octanol–water partition coefficient (Wildman–Crippen LogP) is 2.80. The third kappa shape index (κ3) is 6.30. The van der Waals surface area contributed by atoms with Gasteiger partial charge >= 0.3 is 12.0 Å². The number of ether oxygens (including phenoxy) is 1. The summed E-state index contributed by atoms with van der Waals surface area (Å²) in [6.07, 6.45) is 2.61. The van der Waals surface area contributed by atoms with Crippen molar-refractivity contribution in [2.75, 3.05) is 4.72 Å². The minimum Gasteiger partial charge on any atom is -0.449 e. The van der Waals surface area contributed by atoms with Crippen LogP contribution in [0.1, 0.15) is 43.0 Å². The summed E-state index contributed by atoms with van der Waals surface area (Å²) in [5.74, 6) is -1.57. The van der Waals surface area contributed by atoms with Crippen molar-refractivity contribution in [1.82, 2.24) is 10.6 Å². The number of benzene rings is 2. The largest absolute Gasteiger partial charge is 0.449 e. The molecule has 3 amide bonds. The zero-order valence-electron chi connectivity index (χ0n) is 17.5. The van der Waals surface area contributed by atoms with Gasteiger partial charge in [0.1, 0.15) is 0 Å². The van der Waals surface area contributed by atoms with Crippen molar-refractivity contribution in [3.8, 4) is 0 Å². The second kappa shape index (κ2) is 10.3. The fraction of sp³-hybridized carbons (Fsp3) is 0.318. The lowest BCUT2D eigenvalue weighted by Gasteiger charge is -2.15. The molecule has 3 rings (SSSR count). The molecule has 1 unspecified atom stereocenters. The lowest BCUT2D eigenvalue weighted by Crippen LogP contribution is -2.47. The van der Waals surface area contributed by atoms with Gasteiger partial charge in [0.2, 0.25) is 0 Å². The van der Waals surface area contributed by atoms with Crippen LogP contribution in [0.15, 0.2) is 59.5 Å². The number of urea groups is 1. The molecule has 3 N–H and O–H groups in total. The molecule has 1 aliphatic carbocycles. The van der Waals surface area contributed by atoms with Crippen molar-refractivity contribution in [3.05, 3.63) is 60.2 Å². The first-order valence-electron chi connectivity index (χ1n) is 10.2. The second-order valence-corrected chi connectivity index (χ2v) is 9.17. The molecule has 1 saturated carbocycles. The van der Waals surface area contributed by atoms with Gasteiger partial charge in [0.25, 0.3) is 15.9 Å². The molecule has 9 nitrogen and oxygen atoms in total. The van der Waals surface area contributed by atoms with Crippen molar-refractivity contribution in [3.63, 3.8) is 0 Å². The van der Waals surface area contributed by atoms with Crippen LogP contribution in [-0.4, -0.2) is 38.5 Å². The van der Waals surface area contributed by atoms with Crippen LogP contribution in [0.4, 0.5) is 10.5 Å². The van der Waals surface area contributed by atoms with Crippen LogP contribution in [0.5, 0.6) is 0 Å². The van der Waals surface area contributed by atoms with E-state index < -0.39 is 34.0 Å². The molecule has 0 heterocycles. The van der Waals surface area contributed by atoms with Crippen LogP contribution in [0, 0.1) is 0 Å². The van der Waals surface area contributed by atoms with Crippen LogP contribution in [0.3, 0.4) is 0 Å². The van der Waals surface area contributed by atoms with E-state index in [9.17, 15) is 22.8 Å². The SMILES string of the molecule is CC(OC(=O)c1ccc(S(=O)(=O)Nc2ccccc2)cc1)C(=O)NC(=O)NC1CCCC1. The zero-order valence-corrected chi connectivity index (χ0v) is 18.4. The van der Waals surface area contributed by atoms with Crippen LogP contribution < -0.4 is 15.4 Å². The summed E-state index contributed by atoms with van der Waals surface area (Å²) in [6, 6.07) is 12.9. The van der Waals surface area contributed by atoms with Gasteiger partial charge in [0.05, 0.1) is 10.5 Å². The van der Waals surface area contributed by atoms with E-state index in [1.807, 2.05) is 0 Å². The first-order chi connectivity index (χ1) is 15.2. The number of hydrogen-bond acceptors (Lipinski definition) is 6. The fourth-order valence-electron chi connectivity index (χ4n) is 3.28. The second-order valence-electron chi connectivity index (χ2n) is 7.49. The summed E-state index contributed by atoms with van der Waals surface area (Å²) in [6.45, 7) is 1.35.